The lowest BCUT2D eigenvalue weighted by molar-refractivity contribution is -0.121. The van der Waals surface area contributed by atoms with Gasteiger partial charge in [0.15, 0.2) is 0 Å². The predicted molar refractivity (Wildman–Crippen MR) is 201 cm³/mol. The van der Waals surface area contributed by atoms with Crippen LogP contribution in [0.25, 0.3) is 5.00 Å². The van der Waals surface area contributed by atoms with Crippen molar-refractivity contribution >= 4 is 52.8 Å². The van der Waals surface area contributed by atoms with Crippen LogP contribution in [0.2, 0.25) is 5.02 Å². The van der Waals surface area contributed by atoms with Crippen LogP contribution in [-0.2, 0) is 23.8 Å². The number of aryl methyl sites for hydroxylation is 2. The lowest BCUT2D eigenvalue weighted by atomic mass is 10.0. The summed E-state index contributed by atoms with van der Waals surface area (Å²) in [7, 11) is 0. The molecule has 1 aliphatic heterocycles. The Labute approximate surface area is 309 Å². The number of unbranched alkanes of at least 4 members (excludes halogenated alkanes) is 2. The molecule has 51 heavy (non-hydrogen) atoms. The summed E-state index contributed by atoms with van der Waals surface area (Å²) in [5.74, 6) is 1.54. The van der Waals surface area contributed by atoms with E-state index in [9.17, 15) is 14.4 Å². The van der Waals surface area contributed by atoms with Crippen molar-refractivity contribution < 1.29 is 28.6 Å². The molecule has 278 valence electrons. The largest absolute Gasteiger partial charge is 0.444 e. The number of benzene rings is 1. The number of amides is 3. The number of thiophene rings is 1. The molecule has 0 radical (unpaired) electrons. The summed E-state index contributed by atoms with van der Waals surface area (Å²) < 4.78 is 22.6. The average Bonchev–Trinajstić information content (AvgIpc) is 3.51. The van der Waals surface area contributed by atoms with Crippen LogP contribution in [0.15, 0.2) is 24.3 Å². The second kappa shape index (κ2) is 20.7. The van der Waals surface area contributed by atoms with Crippen molar-refractivity contribution in [3.63, 3.8) is 0 Å². The third-order valence-electron chi connectivity index (χ3n) is 7.39. The Morgan fingerprint density at radius 3 is 2.20 bits per heavy atom. The van der Waals surface area contributed by atoms with E-state index in [-0.39, 0.29) is 11.8 Å². The van der Waals surface area contributed by atoms with Crippen LogP contribution in [0.5, 0.6) is 0 Å². The number of halogens is 1. The minimum atomic E-state index is -0.493. The van der Waals surface area contributed by atoms with Gasteiger partial charge in [-0.15, -0.1) is 21.5 Å². The van der Waals surface area contributed by atoms with Crippen molar-refractivity contribution in [3.05, 3.63) is 62.5 Å². The smallest absolute Gasteiger partial charge is 0.407 e. The quantitative estimate of drug-likeness (QED) is 0.111. The van der Waals surface area contributed by atoms with Gasteiger partial charge in [0.2, 0.25) is 17.6 Å². The zero-order chi connectivity index (χ0) is 37.4. The first-order valence-electron chi connectivity index (χ1n) is 17.1. The SMILES string of the molecule is CC(=O)NCCOCCOCCNC(=O)CCCCCNC(=O)OC(C)(C)C.Cc1sc2c(c1C)C(c1ccc(Cl)cc1)=[N+]=Cc1nnc(C)n1-2. The minimum Gasteiger partial charge on any atom is -0.444 e. The van der Waals surface area contributed by atoms with E-state index in [1.54, 1.807) is 17.6 Å². The minimum absolute atomic E-state index is 0.00439. The van der Waals surface area contributed by atoms with Crippen LogP contribution in [0.4, 0.5) is 4.79 Å². The molecule has 3 aromatic rings. The molecule has 15 heteroatoms. The molecule has 1 aromatic carbocycles. The van der Waals surface area contributed by atoms with Gasteiger partial charge in [0.1, 0.15) is 22.0 Å². The molecule has 3 N–H and O–H groups in total. The summed E-state index contributed by atoms with van der Waals surface area (Å²) in [6.07, 6.45) is 4.26. The third kappa shape index (κ3) is 14.2. The second-order valence-electron chi connectivity index (χ2n) is 12.8. The molecular formula is C36H51ClN7O6S+. The highest BCUT2D eigenvalue weighted by Gasteiger charge is 2.31. The number of aromatic nitrogens is 3. The number of hydrogen-bond acceptors (Lipinski definition) is 9. The topological polar surface area (TPSA) is 160 Å². The van der Waals surface area contributed by atoms with Crippen molar-refractivity contribution in [2.75, 3.05) is 46.1 Å². The number of carbonyl (C=O) groups excluding carboxylic acids is 3. The van der Waals surface area contributed by atoms with Gasteiger partial charge >= 0.3 is 18.0 Å². The van der Waals surface area contributed by atoms with Crippen LogP contribution in [0.1, 0.15) is 86.6 Å². The van der Waals surface area contributed by atoms with Gasteiger partial charge in [0.05, 0.1) is 32.0 Å². The zero-order valence-electron chi connectivity index (χ0n) is 30.7. The fourth-order valence-electron chi connectivity index (χ4n) is 4.84. The second-order valence-corrected chi connectivity index (χ2v) is 14.5. The van der Waals surface area contributed by atoms with Crippen LogP contribution in [-0.4, -0.2) is 96.3 Å². The first kappa shape index (κ1) is 41.4. The van der Waals surface area contributed by atoms with E-state index < -0.39 is 11.7 Å². The highest BCUT2D eigenvalue weighted by atomic mass is 35.5. The molecule has 4 rings (SSSR count). The van der Waals surface area contributed by atoms with E-state index in [0.29, 0.717) is 52.5 Å². The maximum absolute atomic E-state index is 11.7. The number of carbonyl (C=O) groups is 3. The Morgan fingerprint density at radius 2 is 1.55 bits per heavy atom. The summed E-state index contributed by atoms with van der Waals surface area (Å²) in [5, 5.41) is 18.4. The summed E-state index contributed by atoms with van der Waals surface area (Å²) in [5.41, 5.74) is 3.89. The van der Waals surface area contributed by atoms with Crippen molar-refractivity contribution in [1.82, 2.24) is 35.4 Å². The fourth-order valence-corrected chi connectivity index (χ4v) is 6.18. The molecular weight excluding hydrogens is 694 g/mol. The van der Waals surface area contributed by atoms with Crippen LogP contribution in [0.3, 0.4) is 0 Å². The highest BCUT2D eigenvalue weighted by molar-refractivity contribution is 7.15. The van der Waals surface area contributed by atoms with Crippen LogP contribution >= 0.6 is 22.9 Å². The van der Waals surface area contributed by atoms with E-state index in [1.165, 1.54) is 17.4 Å². The molecule has 0 unspecified atom stereocenters. The molecule has 3 heterocycles. The fraction of sp³-hybridized carbons (Fsp3) is 0.528. The van der Waals surface area contributed by atoms with E-state index >= 15 is 0 Å². The predicted octanol–water partition coefficient (Wildman–Crippen LogP) is 4.60. The molecule has 0 spiro atoms. The molecule has 0 saturated heterocycles. The van der Waals surface area contributed by atoms with Gasteiger partial charge in [-0.2, -0.15) is 0 Å². The van der Waals surface area contributed by atoms with E-state index in [4.69, 9.17) is 30.5 Å². The number of rotatable bonds is 16. The maximum atomic E-state index is 11.7. The Hall–Kier alpha value is -4.07. The molecule has 0 fully saturated rings. The monoisotopic (exact) mass is 744 g/mol. The van der Waals surface area contributed by atoms with Gasteiger partial charge in [-0.3, -0.25) is 14.2 Å². The normalized spacial score (nSPS) is 11.7. The van der Waals surface area contributed by atoms with Crippen molar-refractivity contribution in [2.24, 2.45) is 0 Å². The highest BCUT2D eigenvalue weighted by Crippen LogP contribution is 2.34. The number of fused-ring (bicyclic) bond motifs is 3. The first-order valence-corrected chi connectivity index (χ1v) is 18.3. The molecule has 3 amide bonds. The summed E-state index contributed by atoms with van der Waals surface area (Å²) in [4.78, 5) is 35.1. The van der Waals surface area contributed by atoms with Gasteiger partial charge < -0.3 is 30.2 Å². The number of nitrogens with zero attached hydrogens (tertiary/aromatic N) is 4. The standard InChI is InChI=1S/C19H37N3O6.C17H14ClN4S/c1-16(23)20-10-12-26-14-15-27-13-11-21-17(24)8-6-5-7-9-22-18(25)28-19(2,3)4;1-9-10(2)23-17-15(9)16(12-4-6-13(18)7-5-12)19-8-14-21-20-11(3)22(14)17/h5-15H2,1-4H3,(H,20,23)(H,21,24)(H,22,25);4-8H,1-3H3/q;+1. The average molecular weight is 745 g/mol. The molecule has 0 atom stereocenters. The molecule has 1 aliphatic rings. The Balaban J connectivity index is 0.000000279. The zero-order valence-corrected chi connectivity index (χ0v) is 32.3. The summed E-state index contributed by atoms with van der Waals surface area (Å²) in [6.45, 7) is 16.4. The van der Waals surface area contributed by atoms with Gasteiger partial charge in [-0.1, -0.05) is 22.7 Å². The van der Waals surface area contributed by atoms with Crippen molar-refractivity contribution in [3.8, 4) is 5.00 Å². The van der Waals surface area contributed by atoms with Crippen LogP contribution < -0.4 is 20.6 Å². The summed E-state index contributed by atoms with van der Waals surface area (Å²) >= 11 is 7.78. The number of ether oxygens (including phenoxy) is 3. The lowest BCUT2D eigenvalue weighted by Gasteiger charge is -2.19. The van der Waals surface area contributed by atoms with Crippen molar-refractivity contribution in [2.45, 2.75) is 79.8 Å². The van der Waals surface area contributed by atoms with Crippen molar-refractivity contribution in [1.29, 1.82) is 0 Å². The Bertz CT molecular complexity index is 1670. The first-order chi connectivity index (χ1) is 24.3. The van der Waals surface area contributed by atoms with Gasteiger partial charge in [-0.05, 0) is 84.2 Å². The van der Waals surface area contributed by atoms with Gasteiger partial charge in [0, 0.05) is 42.9 Å². The Kier molecular flexibility index (Phi) is 16.8. The third-order valence-corrected chi connectivity index (χ3v) is 8.84. The maximum Gasteiger partial charge on any atom is 0.407 e. The van der Waals surface area contributed by atoms with E-state index in [1.807, 2.05) is 52.0 Å². The number of alkyl carbamates (subject to hydrolysis) is 1. The molecule has 13 nitrogen and oxygen atoms in total. The Morgan fingerprint density at radius 1 is 0.882 bits per heavy atom. The molecule has 2 aromatic heterocycles. The molecule has 0 saturated carbocycles. The van der Waals surface area contributed by atoms with Gasteiger partial charge in [-0.25, -0.2) is 4.79 Å². The molecule has 0 aliphatic carbocycles. The lowest BCUT2D eigenvalue weighted by Crippen LogP contribution is -2.33. The van der Waals surface area contributed by atoms with Crippen LogP contribution in [0, 0.1) is 20.8 Å². The van der Waals surface area contributed by atoms with E-state index in [0.717, 1.165) is 57.8 Å². The van der Waals surface area contributed by atoms with Gasteiger partial charge in [0.25, 0.3) is 0 Å². The number of hydrogen-bond donors (Lipinski definition) is 3. The number of nitrogens with one attached hydrogen (secondary N) is 3. The summed E-state index contributed by atoms with van der Waals surface area (Å²) in [6, 6.07) is 7.79. The van der Waals surface area contributed by atoms with E-state index in [2.05, 4.69) is 44.6 Å². The molecule has 0 bridgehead atoms.